The summed E-state index contributed by atoms with van der Waals surface area (Å²) in [7, 11) is 1.92. The third-order valence-corrected chi connectivity index (χ3v) is 5.57. The van der Waals surface area contributed by atoms with Crippen LogP contribution < -0.4 is 4.57 Å². The topological polar surface area (TPSA) is 21.7 Å². The second kappa shape index (κ2) is 6.16. The molecule has 138 valence electrons. The summed E-state index contributed by atoms with van der Waals surface area (Å²) in [5.41, 5.74) is 8.68. The van der Waals surface area contributed by atoms with Crippen molar-refractivity contribution in [3.63, 3.8) is 0 Å². The summed E-state index contributed by atoms with van der Waals surface area (Å²) in [6.45, 7) is 1.93. The molecule has 0 atom stereocenters. The van der Waals surface area contributed by atoms with Crippen molar-refractivity contribution in [1.82, 2.24) is 9.55 Å². The van der Waals surface area contributed by atoms with Gasteiger partial charge in [0.1, 0.15) is 12.9 Å². The molecule has 0 N–H and O–H groups in total. The van der Waals surface area contributed by atoms with Gasteiger partial charge in [0.2, 0.25) is 5.69 Å². The Hall–Kier alpha value is -3.20. The summed E-state index contributed by atoms with van der Waals surface area (Å²) >= 11 is 0. The zero-order valence-electron chi connectivity index (χ0n) is 19.3. The molecule has 1 aliphatic rings. The van der Waals surface area contributed by atoms with Crippen LogP contribution in [-0.2, 0) is 13.5 Å². The fourth-order valence-electron chi connectivity index (χ4n) is 4.22. The molecule has 4 aromatic rings. The van der Waals surface area contributed by atoms with E-state index in [2.05, 4.69) is 34.8 Å². The number of hydrogen-bond acceptors (Lipinski definition) is 1. The third kappa shape index (κ3) is 2.58. The van der Waals surface area contributed by atoms with E-state index in [4.69, 9.17) is 4.11 Å². The van der Waals surface area contributed by atoms with Crippen LogP contribution in [0.25, 0.3) is 28.1 Å². The molecule has 1 aliphatic heterocycles. The van der Waals surface area contributed by atoms with E-state index in [-0.39, 0.29) is 0 Å². The van der Waals surface area contributed by atoms with Crippen molar-refractivity contribution in [2.45, 2.75) is 27.1 Å². The zero-order chi connectivity index (χ0) is 21.9. The Bertz CT molecular complexity index is 1320. The fraction of sp³-hybridized carbons (Fsp3) is 0.200. The van der Waals surface area contributed by atoms with E-state index in [1.807, 2.05) is 54.9 Å². The predicted octanol–water partition coefficient (Wildman–Crippen LogP) is 4.86. The van der Waals surface area contributed by atoms with Crippen LogP contribution in [0.5, 0.6) is 0 Å². The lowest BCUT2D eigenvalue weighted by Gasteiger charge is -2.12. The number of aryl methyl sites for hydroxylation is 4. The number of rotatable bonds is 2. The maximum absolute atomic E-state index is 8.07. The summed E-state index contributed by atoms with van der Waals surface area (Å²) in [4.78, 5) is 4.64. The van der Waals surface area contributed by atoms with Crippen LogP contribution in [0.1, 0.15) is 32.3 Å². The van der Waals surface area contributed by atoms with Gasteiger partial charge in [-0.05, 0) is 49.0 Å². The standard InChI is InChI=1S/C25H24N3/c1-16-10-20-11-25-26-18(3)15-28(25)23(20)13-22(16)24-12-21(17(2)14-27(24)4)19-8-6-5-7-9-19/h5-10,12-15H,11H2,1-4H3/q+1/i2D3. The Morgan fingerprint density at radius 3 is 2.64 bits per heavy atom. The Morgan fingerprint density at radius 1 is 1.04 bits per heavy atom. The van der Waals surface area contributed by atoms with Gasteiger partial charge in [-0.25, -0.2) is 9.55 Å². The van der Waals surface area contributed by atoms with Crippen molar-refractivity contribution in [2.24, 2.45) is 7.05 Å². The first-order valence-corrected chi connectivity index (χ1v) is 9.51. The first kappa shape index (κ1) is 13.9. The van der Waals surface area contributed by atoms with Crippen molar-refractivity contribution < 1.29 is 8.68 Å². The van der Waals surface area contributed by atoms with Gasteiger partial charge >= 0.3 is 0 Å². The molecule has 0 fully saturated rings. The highest BCUT2D eigenvalue weighted by Crippen LogP contribution is 2.35. The number of aromatic nitrogens is 3. The third-order valence-electron chi connectivity index (χ3n) is 5.57. The number of nitrogens with zero attached hydrogens (tertiary/aromatic N) is 3. The van der Waals surface area contributed by atoms with Gasteiger partial charge in [0, 0.05) is 28.4 Å². The molecule has 0 radical (unpaired) electrons. The van der Waals surface area contributed by atoms with Crippen LogP contribution in [0.3, 0.4) is 0 Å². The molecule has 5 rings (SSSR count). The highest BCUT2D eigenvalue weighted by Gasteiger charge is 2.24. The molecule has 0 unspecified atom stereocenters. The minimum absolute atomic E-state index is 0.358. The molecule has 3 heteroatoms. The molecular weight excluding hydrogens is 342 g/mol. The van der Waals surface area contributed by atoms with Gasteiger partial charge in [-0.1, -0.05) is 36.4 Å². The SMILES string of the molecule is [2H]C([2H])([2H])c1c[n+](C)c(-c2cc3c(cc2C)Cc2nc(C)cn2-3)cc1-c1ccccc1. The smallest absolute Gasteiger partial charge is 0.213 e. The Kier molecular flexibility index (Phi) is 3.06. The van der Waals surface area contributed by atoms with E-state index in [0.717, 1.165) is 51.6 Å². The van der Waals surface area contributed by atoms with Crippen molar-refractivity contribution in [1.29, 1.82) is 0 Å². The summed E-state index contributed by atoms with van der Waals surface area (Å²) < 4.78 is 28.3. The molecule has 0 amide bonds. The van der Waals surface area contributed by atoms with Gasteiger partial charge in [0.25, 0.3) is 0 Å². The molecule has 0 bridgehead atoms. The van der Waals surface area contributed by atoms with Crippen LogP contribution in [0, 0.1) is 20.7 Å². The predicted molar refractivity (Wildman–Crippen MR) is 113 cm³/mol. The Balaban J connectivity index is 1.74. The maximum atomic E-state index is 8.07. The maximum Gasteiger partial charge on any atom is 0.213 e. The molecule has 0 saturated heterocycles. The average Bonchev–Trinajstić information content (AvgIpc) is 3.22. The average molecular weight is 370 g/mol. The van der Waals surface area contributed by atoms with E-state index in [9.17, 15) is 0 Å². The summed E-state index contributed by atoms with van der Waals surface area (Å²) in [5, 5.41) is 0. The quantitative estimate of drug-likeness (QED) is 0.407. The molecule has 28 heavy (non-hydrogen) atoms. The largest absolute Gasteiger partial charge is 0.303 e. The van der Waals surface area contributed by atoms with Crippen LogP contribution in [0.2, 0.25) is 0 Å². The van der Waals surface area contributed by atoms with Crippen LogP contribution in [0.15, 0.2) is 60.9 Å². The molecule has 0 aliphatic carbocycles. The van der Waals surface area contributed by atoms with Crippen molar-refractivity contribution >= 4 is 0 Å². The summed E-state index contributed by atoms with van der Waals surface area (Å²) in [5.74, 6) is 1.07. The second-order valence-electron chi connectivity index (χ2n) is 7.60. The van der Waals surface area contributed by atoms with E-state index in [1.165, 1.54) is 5.56 Å². The van der Waals surface area contributed by atoms with Crippen molar-refractivity contribution in [3.05, 3.63) is 89.1 Å². The molecule has 0 saturated carbocycles. The van der Waals surface area contributed by atoms with Gasteiger partial charge in [-0.15, -0.1) is 0 Å². The Morgan fingerprint density at radius 2 is 1.86 bits per heavy atom. The minimum Gasteiger partial charge on any atom is -0.303 e. The molecule has 2 aromatic carbocycles. The Labute approximate surface area is 170 Å². The molecule has 3 heterocycles. The summed E-state index contributed by atoms with van der Waals surface area (Å²) in [6.07, 6.45) is 4.67. The number of pyridine rings is 1. The molecule has 3 nitrogen and oxygen atoms in total. The van der Waals surface area contributed by atoms with Gasteiger partial charge < -0.3 is 4.57 Å². The molecular formula is C25H24N3+. The monoisotopic (exact) mass is 369 g/mol. The van der Waals surface area contributed by atoms with Gasteiger partial charge in [-0.2, -0.15) is 0 Å². The van der Waals surface area contributed by atoms with E-state index in [1.54, 1.807) is 6.20 Å². The van der Waals surface area contributed by atoms with Crippen LogP contribution in [0.4, 0.5) is 0 Å². The lowest BCUT2D eigenvalue weighted by molar-refractivity contribution is -0.660. The first-order chi connectivity index (χ1) is 14.7. The number of fused-ring (bicyclic) bond motifs is 3. The summed E-state index contributed by atoms with van der Waals surface area (Å²) in [6, 6.07) is 16.2. The molecule has 0 spiro atoms. The van der Waals surface area contributed by atoms with Crippen molar-refractivity contribution in [2.75, 3.05) is 0 Å². The molecule has 2 aromatic heterocycles. The van der Waals surface area contributed by atoms with Crippen molar-refractivity contribution in [3.8, 4) is 28.1 Å². The number of hydrogen-bond donors (Lipinski definition) is 0. The van der Waals surface area contributed by atoms with E-state index < -0.39 is 6.85 Å². The first-order valence-electron chi connectivity index (χ1n) is 11.0. The fourth-order valence-corrected chi connectivity index (χ4v) is 4.22. The van der Waals surface area contributed by atoms with Crippen LogP contribution in [-0.4, -0.2) is 9.55 Å². The number of benzene rings is 2. The minimum atomic E-state index is -2.20. The second-order valence-corrected chi connectivity index (χ2v) is 7.60. The highest BCUT2D eigenvalue weighted by atomic mass is 15.1. The van der Waals surface area contributed by atoms with Gasteiger partial charge in [-0.3, -0.25) is 0 Å². The van der Waals surface area contributed by atoms with E-state index >= 15 is 0 Å². The normalized spacial score (nSPS) is 14.2. The zero-order valence-corrected chi connectivity index (χ0v) is 16.3. The lowest BCUT2D eigenvalue weighted by atomic mass is 9.95. The van der Waals surface area contributed by atoms with Gasteiger partial charge in [0.15, 0.2) is 6.20 Å². The van der Waals surface area contributed by atoms with E-state index in [0.29, 0.717) is 5.56 Å². The van der Waals surface area contributed by atoms with Crippen LogP contribution >= 0.6 is 0 Å². The lowest BCUT2D eigenvalue weighted by Crippen LogP contribution is -2.31. The highest BCUT2D eigenvalue weighted by molar-refractivity contribution is 5.74. The number of imidazole rings is 1. The van der Waals surface area contributed by atoms with Gasteiger partial charge in [0.05, 0.1) is 16.9 Å².